The summed E-state index contributed by atoms with van der Waals surface area (Å²) in [6.45, 7) is 0.590. The Kier molecular flexibility index (Phi) is 5.12. The van der Waals surface area contributed by atoms with E-state index in [9.17, 15) is 9.59 Å². The lowest BCUT2D eigenvalue weighted by molar-refractivity contribution is -0.117. The predicted molar refractivity (Wildman–Crippen MR) is 108 cm³/mol. The Morgan fingerprint density at radius 1 is 1.11 bits per heavy atom. The summed E-state index contributed by atoms with van der Waals surface area (Å²) in [5.74, 6) is -0.519. The monoisotopic (exact) mass is 394 g/mol. The summed E-state index contributed by atoms with van der Waals surface area (Å²) in [6, 6.07) is 16.7. The van der Waals surface area contributed by atoms with Crippen LogP contribution in [0.5, 0.6) is 0 Å². The zero-order chi connectivity index (χ0) is 19.5. The quantitative estimate of drug-likeness (QED) is 0.738. The molecule has 0 aliphatic carbocycles. The first-order valence-electron chi connectivity index (χ1n) is 9.10. The van der Waals surface area contributed by atoms with Gasteiger partial charge in [-0.1, -0.05) is 35.9 Å². The summed E-state index contributed by atoms with van der Waals surface area (Å²) in [5.41, 5.74) is 3.09. The number of hydrogen-bond acceptors (Lipinski definition) is 3. The minimum absolute atomic E-state index is 0.0722. The van der Waals surface area contributed by atoms with Crippen molar-refractivity contribution < 1.29 is 9.59 Å². The maximum atomic E-state index is 12.6. The van der Waals surface area contributed by atoms with Crippen molar-refractivity contribution >= 4 is 29.1 Å². The van der Waals surface area contributed by atoms with Crippen LogP contribution in [-0.4, -0.2) is 34.7 Å². The normalized spacial score (nSPS) is 13.1. The van der Waals surface area contributed by atoms with Crippen LogP contribution in [0, 0.1) is 0 Å². The molecule has 1 aliphatic heterocycles. The predicted octanol–water partition coefficient (Wildman–Crippen LogP) is 3.23. The number of nitrogens with zero attached hydrogens (tertiary/aromatic N) is 3. The number of halogens is 1. The van der Waals surface area contributed by atoms with E-state index >= 15 is 0 Å². The van der Waals surface area contributed by atoms with Gasteiger partial charge in [0.25, 0.3) is 5.91 Å². The van der Waals surface area contributed by atoms with Gasteiger partial charge in [-0.15, -0.1) is 0 Å². The molecule has 1 aromatic heterocycles. The Morgan fingerprint density at radius 2 is 1.96 bits per heavy atom. The molecule has 7 heteroatoms. The molecule has 3 aromatic rings. The second-order valence-electron chi connectivity index (χ2n) is 6.59. The van der Waals surface area contributed by atoms with Gasteiger partial charge in [-0.25, -0.2) is 4.68 Å². The maximum Gasteiger partial charge on any atom is 0.272 e. The summed E-state index contributed by atoms with van der Waals surface area (Å²) in [6.07, 6.45) is 3.57. The van der Waals surface area contributed by atoms with E-state index < -0.39 is 0 Å². The summed E-state index contributed by atoms with van der Waals surface area (Å²) in [4.78, 5) is 26.8. The summed E-state index contributed by atoms with van der Waals surface area (Å²) in [7, 11) is 0. The van der Waals surface area contributed by atoms with Crippen molar-refractivity contribution in [1.82, 2.24) is 15.1 Å². The lowest BCUT2D eigenvalue weighted by Gasteiger charge is -2.29. The highest BCUT2D eigenvalue weighted by Gasteiger charge is 2.22. The molecule has 0 saturated carbocycles. The van der Waals surface area contributed by atoms with Crippen molar-refractivity contribution in [3.8, 4) is 5.69 Å². The van der Waals surface area contributed by atoms with Crippen molar-refractivity contribution in [3.05, 3.63) is 77.1 Å². The molecule has 2 amide bonds. The van der Waals surface area contributed by atoms with E-state index in [1.807, 2.05) is 36.4 Å². The molecule has 2 heterocycles. The Morgan fingerprint density at radius 3 is 2.82 bits per heavy atom. The number of anilines is 1. The SMILES string of the molecule is O=C(NCC(=O)N1CCCc2ccccc21)c1ccn(-c2cccc(Cl)c2)n1. The number of para-hydroxylation sites is 1. The fourth-order valence-electron chi connectivity index (χ4n) is 3.34. The topological polar surface area (TPSA) is 67.2 Å². The second kappa shape index (κ2) is 7.86. The molecular formula is C21H19ClN4O2. The number of hydrogen-bond donors (Lipinski definition) is 1. The second-order valence-corrected chi connectivity index (χ2v) is 7.02. The summed E-state index contributed by atoms with van der Waals surface area (Å²) >= 11 is 6.00. The molecule has 0 saturated heterocycles. The van der Waals surface area contributed by atoms with Gasteiger partial charge < -0.3 is 10.2 Å². The van der Waals surface area contributed by atoms with Crippen LogP contribution in [-0.2, 0) is 11.2 Å². The van der Waals surface area contributed by atoms with E-state index in [-0.39, 0.29) is 24.1 Å². The molecule has 0 spiro atoms. The molecule has 0 unspecified atom stereocenters. The van der Waals surface area contributed by atoms with Gasteiger partial charge in [0.1, 0.15) is 0 Å². The molecule has 0 radical (unpaired) electrons. The highest BCUT2D eigenvalue weighted by molar-refractivity contribution is 6.30. The van der Waals surface area contributed by atoms with Crippen molar-refractivity contribution in [2.24, 2.45) is 0 Å². The van der Waals surface area contributed by atoms with E-state index in [0.29, 0.717) is 11.6 Å². The van der Waals surface area contributed by atoms with Gasteiger partial charge in [0.2, 0.25) is 5.91 Å². The van der Waals surface area contributed by atoms with E-state index in [0.717, 1.165) is 29.8 Å². The number of benzene rings is 2. The standard InChI is InChI=1S/C21H19ClN4O2/c22-16-7-3-8-17(13-16)26-12-10-18(24-26)21(28)23-14-20(27)25-11-4-6-15-5-1-2-9-19(15)25/h1-3,5,7-10,12-13H,4,6,11,14H2,(H,23,28). The molecular weight excluding hydrogens is 376 g/mol. The third-order valence-electron chi connectivity index (χ3n) is 4.71. The Hall–Kier alpha value is -3.12. The van der Waals surface area contributed by atoms with Crippen molar-refractivity contribution in [2.75, 3.05) is 18.0 Å². The number of fused-ring (bicyclic) bond motifs is 1. The number of aryl methyl sites for hydroxylation is 1. The molecule has 0 bridgehead atoms. The molecule has 1 N–H and O–H groups in total. The first kappa shape index (κ1) is 18.3. The van der Waals surface area contributed by atoms with Gasteiger partial charge in [-0.3, -0.25) is 9.59 Å². The molecule has 0 atom stereocenters. The molecule has 2 aromatic carbocycles. The fraction of sp³-hybridized carbons (Fsp3) is 0.190. The van der Waals surface area contributed by atoms with E-state index in [2.05, 4.69) is 10.4 Å². The zero-order valence-electron chi connectivity index (χ0n) is 15.1. The smallest absolute Gasteiger partial charge is 0.272 e. The first-order valence-corrected chi connectivity index (χ1v) is 9.48. The Bertz CT molecular complexity index is 1030. The van der Waals surface area contributed by atoms with Gasteiger partial charge in [0, 0.05) is 23.5 Å². The van der Waals surface area contributed by atoms with Crippen LogP contribution in [0.3, 0.4) is 0 Å². The number of amides is 2. The molecule has 6 nitrogen and oxygen atoms in total. The van der Waals surface area contributed by atoms with Crippen LogP contribution < -0.4 is 10.2 Å². The van der Waals surface area contributed by atoms with Gasteiger partial charge in [-0.2, -0.15) is 5.10 Å². The zero-order valence-corrected chi connectivity index (χ0v) is 15.9. The number of carbonyl (C=O) groups is 2. The molecule has 1 aliphatic rings. The van der Waals surface area contributed by atoms with Gasteiger partial charge in [0.15, 0.2) is 5.69 Å². The molecule has 0 fully saturated rings. The van der Waals surface area contributed by atoms with Crippen LogP contribution in [0.25, 0.3) is 5.69 Å². The maximum absolute atomic E-state index is 12.6. The Balaban J connectivity index is 1.41. The third-order valence-corrected chi connectivity index (χ3v) is 4.94. The number of rotatable bonds is 4. The third kappa shape index (κ3) is 3.77. The number of nitrogens with one attached hydrogen (secondary N) is 1. The average molecular weight is 395 g/mol. The average Bonchev–Trinajstić information content (AvgIpc) is 3.22. The van der Waals surface area contributed by atoms with Crippen LogP contribution in [0.15, 0.2) is 60.8 Å². The van der Waals surface area contributed by atoms with Crippen molar-refractivity contribution in [3.63, 3.8) is 0 Å². The van der Waals surface area contributed by atoms with Crippen molar-refractivity contribution in [2.45, 2.75) is 12.8 Å². The Labute approximate surface area is 167 Å². The van der Waals surface area contributed by atoms with Gasteiger partial charge in [-0.05, 0) is 48.7 Å². The number of aromatic nitrogens is 2. The summed E-state index contributed by atoms with van der Waals surface area (Å²) in [5, 5.41) is 7.53. The molecule has 4 rings (SSSR count). The van der Waals surface area contributed by atoms with Crippen LogP contribution >= 0.6 is 11.6 Å². The number of carbonyl (C=O) groups excluding carboxylic acids is 2. The highest BCUT2D eigenvalue weighted by atomic mass is 35.5. The fourth-order valence-corrected chi connectivity index (χ4v) is 3.53. The summed E-state index contributed by atoms with van der Waals surface area (Å²) < 4.78 is 1.57. The lowest BCUT2D eigenvalue weighted by atomic mass is 10.0. The van der Waals surface area contributed by atoms with Crippen LogP contribution in [0.1, 0.15) is 22.5 Å². The van der Waals surface area contributed by atoms with E-state index in [1.54, 1.807) is 34.0 Å². The van der Waals surface area contributed by atoms with E-state index in [4.69, 9.17) is 11.6 Å². The molecule has 142 valence electrons. The van der Waals surface area contributed by atoms with Crippen LogP contribution in [0.2, 0.25) is 5.02 Å². The van der Waals surface area contributed by atoms with E-state index in [1.165, 1.54) is 0 Å². The largest absolute Gasteiger partial charge is 0.342 e. The lowest BCUT2D eigenvalue weighted by Crippen LogP contribution is -2.42. The van der Waals surface area contributed by atoms with Gasteiger partial charge in [0.05, 0.1) is 12.2 Å². The first-order chi connectivity index (χ1) is 13.6. The van der Waals surface area contributed by atoms with Crippen LogP contribution in [0.4, 0.5) is 5.69 Å². The minimum atomic E-state index is -0.389. The van der Waals surface area contributed by atoms with Crippen molar-refractivity contribution in [1.29, 1.82) is 0 Å². The van der Waals surface area contributed by atoms with Gasteiger partial charge >= 0.3 is 0 Å². The highest BCUT2D eigenvalue weighted by Crippen LogP contribution is 2.26. The minimum Gasteiger partial charge on any atom is -0.342 e. The molecule has 28 heavy (non-hydrogen) atoms.